The van der Waals surface area contributed by atoms with E-state index in [2.05, 4.69) is 9.80 Å². The van der Waals surface area contributed by atoms with Gasteiger partial charge in [-0.3, -0.25) is 29.0 Å². The molecule has 0 spiro atoms. The van der Waals surface area contributed by atoms with E-state index in [1.807, 2.05) is 130 Å². The number of hydrogen-bond donors (Lipinski definition) is 2. The van der Waals surface area contributed by atoms with Crippen LogP contribution in [-0.2, 0) is 45.2 Å². The van der Waals surface area contributed by atoms with Gasteiger partial charge in [0.1, 0.15) is 11.5 Å². The van der Waals surface area contributed by atoms with E-state index in [1.165, 1.54) is 0 Å². The minimum absolute atomic E-state index is 0.0241. The highest BCUT2D eigenvalue weighted by Gasteiger charge is 2.58. The average molecular weight is 959 g/mol. The Labute approximate surface area is 408 Å². The van der Waals surface area contributed by atoms with Gasteiger partial charge in [-0.1, -0.05) is 60.7 Å². The smallest absolute Gasteiger partial charge is 0.258 e. The van der Waals surface area contributed by atoms with E-state index >= 15 is 0 Å². The molecule has 16 heteroatoms. The Morgan fingerprint density at radius 2 is 0.986 bits per heavy atom. The maximum atomic E-state index is 13.9. The number of aliphatic hydroxyl groups excluding tert-OH is 2. The van der Waals surface area contributed by atoms with Crippen LogP contribution in [0.4, 0.5) is 0 Å². The van der Waals surface area contributed by atoms with Crippen molar-refractivity contribution >= 4 is 24.0 Å². The molecule has 8 heterocycles. The number of allylic oxidation sites excluding steroid dienone is 2. The number of methoxy groups -OCH3 is 2. The molecule has 4 saturated heterocycles. The lowest BCUT2D eigenvalue weighted by atomic mass is 9.88. The third kappa shape index (κ3) is 9.05. The first-order chi connectivity index (χ1) is 34.2. The standard InChI is InChI=1S/2C27H33N3O5/c2*1-3-6-18-9-10-22-24-20(16-29(22)26(18)32)21(17-31)25(27(33)28-11-13-35-14-12-28)30(24)15-19-7-4-5-8-23(19)34-2/h2*3-10,20-21,24-25,31H,11-17H2,1-2H3/b6-3+;6-3-/t2*20-,21-,24+,25-/m11/s1. The largest absolute Gasteiger partial charge is 0.496 e. The monoisotopic (exact) mass is 958 g/mol. The predicted molar refractivity (Wildman–Crippen MR) is 264 cm³/mol. The third-order valence-corrected chi connectivity index (χ3v) is 15.4. The summed E-state index contributed by atoms with van der Waals surface area (Å²) in [7, 11) is 3.29. The summed E-state index contributed by atoms with van der Waals surface area (Å²) in [4.78, 5) is 62.3. The number of benzene rings is 2. The minimum atomic E-state index is -0.489. The van der Waals surface area contributed by atoms with Crippen molar-refractivity contribution in [2.24, 2.45) is 23.7 Å². The molecule has 0 bridgehead atoms. The van der Waals surface area contributed by atoms with Crippen molar-refractivity contribution in [1.29, 1.82) is 0 Å². The van der Waals surface area contributed by atoms with Gasteiger partial charge in [0.15, 0.2) is 0 Å². The zero-order valence-corrected chi connectivity index (χ0v) is 40.6. The minimum Gasteiger partial charge on any atom is -0.496 e. The number of para-hydroxylation sites is 2. The molecule has 70 heavy (non-hydrogen) atoms. The quantitative estimate of drug-likeness (QED) is 0.211. The molecule has 372 valence electrons. The molecule has 2 aromatic heterocycles. The fraction of sp³-hybridized carbons (Fsp3) is 0.481. The van der Waals surface area contributed by atoms with Crippen LogP contribution in [0.15, 0.2) is 94.5 Å². The number of aromatic nitrogens is 2. The maximum absolute atomic E-state index is 13.9. The molecule has 2 aromatic carbocycles. The lowest BCUT2D eigenvalue weighted by molar-refractivity contribution is -0.143. The maximum Gasteiger partial charge on any atom is 0.258 e. The van der Waals surface area contributed by atoms with Crippen LogP contribution in [-0.4, -0.2) is 143 Å². The van der Waals surface area contributed by atoms with Crippen molar-refractivity contribution in [1.82, 2.24) is 28.7 Å². The zero-order valence-electron chi connectivity index (χ0n) is 40.6. The second-order valence-corrected chi connectivity index (χ2v) is 18.9. The van der Waals surface area contributed by atoms with Gasteiger partial charge in [-0.15, -0.1) is 0 Å². The van der Waals surface area contributed by atoms with E-state index in [-0.39, 0.29) is 71.9 Å². The summed E-state index contributed by atoms with van der Waals surface area (Å²) in [6.07, 6.45) is 7.37. The van der Waals surface area contributed by atoms with Crippen molar-refractivity contribution in [3.63, 3.8) is 0 Å². The van der Waals surface area contributed by atoms with Crippen LogP contribution in [0.3, 0.4) is 0 Å². The van der Waals surface area contributed by atoms with Crippen molar-refractivity contribution < 1.29 is 38.7 Å². The highest BCUT2D eigenvalue weighted by molar-refractivity contribution is 5.84. The summed E-state index contributed by atoms with van der Waals surface area (Å²) in [5, 5.41) is 21.1. The first kappa shape index (κ1) is 49.1. The van der Waals surface area contributed by atoms with Crippen molar-refractivity contribution in [2.75, 3.05) is 80.0 Å². The molecule has 4 aromatic rings. The van der Waals surface area contributed by atoms with Crippen LogP contribution in [0.1, 0.15) is 59.6 Å². The summed E-state index contributed by atoms with van der Waals surface area (Å²) in [5.41, 5.74) is 4.98. The van der Waals surface area contributed by atoms with Gasteiger partial charge < -0.3 is 48.1 Å². The Hall–Kier alpha value is -5.88. The van der Waals surface area contributed by atoms with E-state index in [0.29, 0.717) is 89.9 Å². The number of nitrogens with zero attached hydrogens (tertiary/aromatic N) is 6. The average Bonchev–Trinajstić information content (AvgIpc) is 4.14. The number of morpholine rings is 2. The molecular weight excluding hydrogens is 893 g/mol. The number of fused-ring (bicyclic) bond motifs is 6. The Kier molecular flexibility index (Phi) is 15.2. The SMILES string of the molecule is C/C=C/c1ccc2n(c1=O)C[C@@H]1[C@@H](CO)[C@H](C(=O)N3CCOCC3)N(Cc3ccccc3OC)[C@H]21.C/C=C\c1ccc2n(c1=O)C[C@@H]1[C@@H](CO)[C@H](C(=O)N3CCOCC3)N(Cc3ccccc3OC)[C@H]21. The third-order valence-electron chi connectivity index (χ3n) is 15.4. The number of likely N-dealkylation sites (tertiary alicyclic amines) is 2. The zero-order chi connectivity index (χ0) is 49.1. The van der Waals surface area contributed by atoms with E-state index in [9.17, 15) is 29.4 Å². The molecule has 0 unspecified atom stereocenters. The Bertz CT molecular complexity index is 2520. The molecule has 6 aliphatic heterocycles. The summed E-state index contributed by atoms with van der Waals surface area (Å²) < 4.78 is 25.8. The highest BCUT2D eigenvalue weighted by atomic mass is 16.5. The number of carbonyl (C=O) groups excluding carboxylic acids is 2. The van der Waals surface area contributed by atoms with Gasteiger partial charge in [0.25, 0.3) is 11.1 Å². The van der Waals surface area contributed by atoms with E-state index in [4.69, 9.17) is 18.9 Å². The van der Waals surface area contributed by atoms with Gasteiger partial charge in [-0.05, 0) is 50.2 Å². The molecule has 6 aliphatic rings. The Morgan fingerprint density at radius 3 is 1.34 bits per heavy atom. The molecule has 2 N–H and O–H groups in total. The second-order valence-electron chi connectivity index (χ2n) is 18.9. The number of pyridine rings is 2. The van der Waals surface area contributed by atoms with E-state index in [1.54, 1.807) is 14.2 Å². The van der Waals surface area contributed by atoms with Crippen LogP contribution in [0.5, 0.6) is 11.5 Å². The van der Waals surface area contributed by atoms with Gasteiger partial charge in [0, 0.05) is 123 Å². The van der Waals surface area contributed by atoms with Crippen LogP contribution >= 0.6 is 0 Å². The van der Waals surface area contributed by atoms with E-state index in [0.717, 1.165) is 34.0 Å². The lowest BCUT2D eigenvalue weighted by Crippen LogP contribution is -2.52. The second kappa shape index (κ2) is 21.6. The molecule has 0 radical (unpaired) electrons. The van der Waals surface area contributed by atoms with Crippen LogP contribution in [0, 0.1) is 23.7 Å². The Balaban J connectivity index is 0.000000174. The van der Waals surface area contributed by atoms with Gasteiger partial charge in [0.05, 0.1) is 64.8 Å². The van der Waals surface area contributed by atoms with Crippen LogP contribution < -0.4 is 20.6 Å². The molecule has 16 nitrogen and oxygen atoms in total. The summed E-state index contributed by atoms with van der Waals surface area (Å²) >= 11 is 0. The number of rotatable bonds is 12. The number of aliphatic hydroxyl groups is 2. The predicted octanol–water partition coefficient (Wildman–Crippen LogP) is 3.83. The number of hydrogen-bond acceptors (Lipinski definition) is 12. The fourth-order valence-corrected chi connectivity index (χ4v) is 12.2. The molecule has 10 rings (SSSR count). The number of amides is 2. The molecule has 8 atom stereocenters. The van der Waals surface area contributed by atoms with Gasteiger partial charge >= 0.3 is 0 Å². The summed E-state index contributed by atoms with van der Waals surface area (Å²) in [6.45, 7) is 9.78. The molecule has 2 amide bonds. The van der Waals surface area contributed by atoms with Crippen LogP contribution in [0.25, 0.3) is 12.2 Å². The highest BCUT2D eigenvalue weighted by Crippen LogP contribution is 2.52. The molecule has 0 aliphatic carbocycles. The summed E-state index contributed by atoms with van der Waals surface area (Å²) in [6, 6.07) is 22.1. The number of ether oxygens (including phenoxy) is 4. The van der Waals surface area contributed by atoms with Gasteiger partial charge in [-0.2, -0.15) is 0 Å². The molecular formula is C54H66N6O10. The molecule has 4 fully saturated rings. The normalized spacial score (nSPS) is 26.2. The fourth-order valence-electron chi connectivity index (χ4n) is 12.2. The Morgan fingerprint density at radius 1 is 0.600 bits per heavy atom. The van der Waals surface area contributed by atoms with Gasteiger partial charge in [0.2, 0.25) is 11.8 Å². The van der Waals surface area contributed by atoms with Crippen molar-refractivity contribution in [2.45, 2.75) is 64.2 Å². The van der Waals surface area contributed by atoms with Crippen molar-refractivity contribution in [3.8, 4) is 11.5 Å². The van der Waals surface area contributed by atoms with Gasteiger partial charge in [-0.25, -0.2) is 0 Å². The topological polar surface area (TPSA) is 168 Å². The summed E-state index contributed by atoms with van der Waals surface area (Å²) in [5.74, 6) is 0.911. The van der Waals surface area contributed by atoms with Crippen molar-refractivity contribution in [3.05, 3.63) is 139 Å². The number of carbonyl (C=O) groups is 2. The van der Waals surface area contributed by atoms with E-state index < -0.39 is 12.1 Å². The molecule has 0 saturated carbocycles. The lowest BCUT2D eigenvalue weighted by Gasteiger charge is -2.36. The first-order valence-corrected chi connectivity index (χ1v) is 24.6. The van der Waals surface area contributed by atoms with Crippen LogP contribution in [0.2, 0.25) is 0 Å². The first-order valence-electron chi connectivity index (χ1n) is 24.6.